The molecule has 0 heterocycles. The van der Waals surface area contributed by atoms with Crippen LogP contribution in [0.2, 0.25) is 0 Å². The Balaban J connectivity index is 3.26. The van der Waals surface area contributed by atoms with Crippen molar-refractivity contribution < 1.29 is 14.4 Å². The van der Waals surface area contributed by atoms with Crippen LogP contribution >= 0.6 is 12.8 Å². The summed E-state index contributed by atoms with van der Waals surface area (Å²) in [6.45, 7) is 0. The molecule has 36 valence electrons. The number of quaternary nitrogens is 1. The van der Waals surface area contributed by atoms with Crippen LogP contribution < -0.4 is 4.47 Å². The van der Waals surface area contributed by atoms with Gasteiger partial charge in [0.05, 0.1) is 12.8 Å². The average Bonchev–Trinajstić information content (AvgIpc) is 1.36. The van der Waals surface area contributed by atoms with Gasteiger partial charge < -0.3 is 10.3 Å². The van der Waals surface area contributed by atoms with E-state index in [1.165, 1.54) is 0 Å². The van der Waals surface area contributed by atoms with Gasteiger partial charge in [-0.3, -0.25) is 0 Å². The number of thiol groups is 1. The van der Waals surface area contributed by atoms with E-state index in [0.717, 1.165) is 0 Å². The lowest BCUT2D eigenvalue weighted by atomic mass is 11.3. The fourth-order valence-corrected chi connectivity index (χ4v) is 0. The maximum absolute atomic E-state index is 9.41. The highest BCUT2D eigenvalue weighted by Crippen LogP contribution is 1.47. The standard InChI is InChI=1S/CH3NO3S/c3-1(4)2(5)6/h2,6H,(H,3,4). The Hall–Kier alpha value is -0.260. The van der Waals surface area contributed by atoms with Gasteiger partial charge in [0, 0.05) is 0 Å². The number of rotatable bonds is 0. The van der Waals surface area contributed by atoms with Crippen molar-refractivity contribution in [1.82, 2.24) is 0 Å². The third-order valence-electron chi connectivity index (χ3n) is 0.183. The minimum absolute atomic E-state index is 1.13. The summed E-state index contributed by atoms with van der Waals surface area (Å²) in [7, 11) is 0. The van der Waals surface area contributed by atoms with E-state index in [9.17, 15) is 10.0 Å². The molecule has 0 aromatic rings. The van der Waals surface area contributed by atoms with Crippen molar-refractivity contribution in [3.63, 3.8) is 0 Å². The maximum atomic E-state index is 9.41. The summed E-state index contributed by atoms with van der Waals surface area (Å²) in [5, 5.41) is 17.0. The second-order valence-electron chi connectivity index (χ2n) is 0.610. The lowest BCUT2D eigenvalue weighted by Gasteiger charge is -2.01. The summed E-state index contributed by atoms with van der Waals surface area (Å²) in [6, 6.07) is 0. The minimum atomic E-state index is -1.52. The number of hydrogen-bond donors (Lipinski definition) is 3. The molecular formula is CH3NO3S. The molecule has 4 nitrogen and oxygen atoms in total. The largest absolute Gasteiger partial charge is 0.611 e. The van der Waals surface area contributed by atoms with E-state index < -0.39 is 10.6 Å². The highest BCUT2D eigenvalue weighted by atomic mass is 32.1. The molecule has 0 saturated carbocycles. The van der Waals surface area contributed by atoms with Crippen molar-refractivity contribution in [3.8, 4) is 0 Å². The van der Waals surface area contributed by atoms with Crippen LogP contribution in [0.25, 0.3) is 0 Å². The van der Waals surface area contributed by atoms with Crippen molar-refractivity contribution in [1.29, 1.82) is 0 Å². The van der Waals surface area contributed by atoms with Gasteiger partial charge in [0.2, 0.25) is 0 Å². The van der Waals surface area contributed by atoms with Crippen LogP contribution in [0.3, 0.4) is 0 Å². The number of carboxylic acid groups (broad SMARTS) is 1. The van der Waals surface area contributed by atoms with Crippen molar-refractivity contribution >= 4 is 18.9 Å². The van der Waals surface area contributed by atoms with Gasteiger partial charge in [0.25, 0.3) is 0 Å². The molecule has 0 aromatic carbocycles. The molecule has 0 aromatic heterocycles. The zero-order valence-electron chi connectivity index (χ0n) is 2.71. The lowest BCUT2D eigenvalue weighted by molar-refractivity contribution is -0.601. The number of carbonyl (C=O) groups is 1. The number of hydrogen-bond acceptors (Lipinski definition) is 3. The van der Waals surface area contributed by atoms with Gasteiger partial charge in [-0.25, -0.2) is 4.47 Å². The zero-order valence-corrected chi connectivity index (χ0v) is 3.61. The maximum Gasteiger partial charge on any atom is 0.523 e. The molecule has 1 unspecified atom stereocenters. The first-order valence-electron chi connectivity index (χ1n) is 1.11. The molecule has 0 saturated heterocycles. The molecule has 2 N–H and O–H groups in total. The molecule has 0 aliphatic rings. The fourth-order valence-electron chi connectivity index (χ4n) is 0. The fraction of sp³-hybridized carbons (Fsp3) is 0. The SMILES string of the molecule is O=C(O)[NH+]([O-])S. The average molecular weight is 109 g/mol. The van der Waals surface area contributed by atoms with Gasteiger partial charge in [-0.2, -0.15) is 4.79 Å². The first-order chi connectivity index (χ1) is 2.64. The molecular weight excluding hydrogens is 106 g/mol. The van der Waals surface area contributed by atoms with Crippen LogP contribution in [0.1, 0.15) is 0 Å². The summed E-state index contributed by atoms with van der Waals surface area (Å²) in [5.41, 5.74) is 0. The quantitative estimate of drug-likeness (QED) is 0.273. The molecule has 0 radical (unpaired) electrons. The monoisotopic (exact) mass is 109 g/mol. The Morgan fingerprint density at radius 3 is 2.17 bits per heavy atom. The van der Waals surface area contributed by atoms with Gasteiger partial charge in [-0.1, -0.05) is 0 Å². The van der Waals surface area contributed by atoms with Crippen LogP contribution in [0.15, 0.2) is 0 Å². The van der Waals surface area contributed by atoms with E-state index in [4.69, 9.17) is 5.11 Å². The minimum Gasteiger partial charge on any atom is -0.611 e. The van der Waals surface area contributed by atoms with Crippen molar-refractivity contribution in [2.24, 2.45) is 0 Å². The second-order valence-corrected chi connectivity index (χ2v) is 1.02. The summed E-state index contributed by atoms with van der Waals surface area (Å²) < 4.78 is -1.13. The Morgan fingerprint density at radius 1 is 2.00 bits per heavy atom. The van der Waals surface area contributed by atoms with Gasteiger partial charge in [-0.05, 0) is 0 Å². The molecule has 6 heavy (non-hydrogen) atoms. The first-order valence-corrected chi connectivity index (χ1v) is 1.55. The number of nitrogens with one attached hydrogen (secondary N) is 1. The smallest absolute Gasteiger partial charge is 0.523 e. The van der Waals surface area contributed by atoms with Gasteiger partial charge in [0.1, 0.15) is 0 Å². The normalized spacial score (nSPS) is 13.7. The third-order valence-corrected chi connectivity index (χ3v) is 0.374. The molecule has 0 bridgehead atoms. The van der Waals surface area contributed by atoms with E-state index in [0.29, 0.717) is 0 Å². The predicted octanol–water partition coefficient (Wildman–Crippen LogP) is -1.11. The van der Waals surface area contributed by atoms with E-state index in [1.807, 2.05) is 0 Å². The number of hydroxylamine groups is 1. The molecule has 0 aliphatic heterocycles. The summed E-state index contributed by atoms with van der Waals surface area (Å²) in [4.78, 5) is 9.27. The predicted molar refractivity (Wildman–Crippen MR) is 21.3 cm³/mol. The number of amides is 1. The van der Waals surface area contributed by atoms with Crippen molar-refractivity contribution in [3.05, 3.63) is 5.21 Å². The Bertz CT molecular complexity index is 61.8. The Morgan fingerprint density at radius 2 is 2.17 bits per heavy atom. The topological polar surface area (TPSA) is 64.8 Å². The van der Waals surface area contributed by atoms with Crippen LogP contribution in [0, 0.1) is 5.21 Å². The Labute approximate surface area is 39.5 Å². The van der Waals surface area contributed by atoms with E-state index in [2.05, 4.69) is 12.8 Å². The van der Waals surface area contributed by atoms with Crippen LogP contribution in [-0.2, 0) is 0 Å². The van der Waals surface area contributed by atoms with Gasteiger partial charge in [-0.15, -0.1) is 0 Å². The molecule has 0 aliphatic carbocycles. The van der Waals surface area contributed by atoms with Crippen LogP contribution in [-0.4, -0.2) is 11.2 Å². The second kappa shape index (κ2) is 2.01. The highest BCUT2D eigenvalue weighted by Gasteiger charge is 1.97. The first kappa shape index (κ1) is 5.74. The summed E-state index contributed by atoms with van der Waals surface area (Å²) >= 11 is 2.95. The van der Waals surface area contributed by atoms with E-state index in [1.54, 1.807) is 0 Å². The molecule has 5 heteroatoms. The third kappa shape index (κ3) is 2.01. The van der Waals surface area contributed by atoms with Gasteiger partial charge in [0.15, 0.2) is 0 Å². The highest BCUT2D eigenvalue weighted by molar-refractivity contribution is 7.73. The molecule has 0 fully saturated rings. The van der Waals surface area contributed by atoms with Crippen molar-refractivity contribution in [2.45, 2.75) is 0 Å². The molecule has 0 spiro atoms. The Kier molecular flexibility index (Phi) is 1.93. The molecule has 0 rings (SSSR count). The van der Waals surface area contributed by atoms with Gasteiger partial charge >= 0.3 is 6.09 Å². The van der Waals surface area contributed by atoms with Crippen LogP contribution in [0.4, 0.5) is 4.79 Å². The zero-order chi connectivity index (χ0) is 5.15. The summed E-state index contributed by atoms with van der Waals surface area (Å²) in [5.74, 6) is 0. The van der Waals surface area contributed by atoms with Crippen molar-refractivity contribution in [2.75, 3.05) is 0 Å². The summed E-state index contributed by atoms with van der Waals surface area (Å²) in [6.07, 6.45) is -1.52. The molecule has 1 amide bonds. The van der Waals surface area contributed by atoms with E-state index >= 15 is 0 Å². The molecule has 1 atom stereocenters. The lowest BCUT2D eigenvalue weighted by Crippen LogP contribution is -3.00. The van der Waals surface area contributed by atoms with E-state index in [-0.39, 0.29) is 0 Å². The van der Waals surface area contributed by atoms with Crippen LogP contribution in [0.5, 0.6) is 0 Å².